The third-order valence-electron chi connectivity index (χ3n) is 3.45. The van der Waals surface area contributed by atoms with Crippen LogP contribution < -0.4 is 5.73 Å². The van der Waals surface area contributed by atoms with Crippen molar-refractivity contribution in [3.05, 3.63) is 39.9 Å². The van der Waals surface area contributed by atoms with Crippen molar-refractivity contribution in [1.82, 2.24) is 4.90 Å². The predicted molar refractivity (Wildman–Crippen MR) is 78.0 cm³/mol. The summed E-state index contributed by atoms with van der Waals surface area (Å²) in [5.41, 5.74) is 6.52. The van der Waals surface area contributed by atoms with Gasteiger partial charge in [-0.2, -0.15) is 0 Å². The van der Waals surface area contributed by atoms with E-state index in [0.717, 1.165) is 25.9 Å². The molecule has 1 fully saturated rings. The van der Waals surface area contributed by atoms with E-state index >= 15 is 0 Å². The molecule has 0 saturated carbocycles. The van der Waals surface area contributed by atoms with Crippen LogP contribution in [0.25, 0.3) is 0 Å². The van der Waals surface area contributed by atoms with Crippen LogP contribution in [-0.4, -0.2) is 27.9 Å². The fraction of sp³-hybridized carbons (Fsp3) is 0.462. The van der Waals surface area contributed by atoms with Crippen molar-refractivity contribution in [3.8, 4) is 0 Å². The van der Waals surface area contributed by atoms with E-state index in [1.807, 2.05) is 0 Å². The first kappa shape index (κ1) is 13.9. The van der Waals surface area contributed by atoms with Crippen molar-refractivity contribution >= 4 is 22.9 Å². The molecule has 2 rings (SSSR count). The van der Waals surface area contributed by atoms with E-state index < -0.39 is 0 Å². The highest BCUT2D eigenvalue weighted by atomic mass is 32.1. The van der Waals surface area contributed by atoms with Gasteiger partial charge in [0.1, 0.15) is 0 Å². The lowest BCUT2D eigenvalue weighted by Crippen LogP contribution is -2.40. The minimum Gasteiger partial charge on any atom is -0.392 e. The molecule has 1 heterocycles. The normalized spacial score (nSPS) is 17.9. The monoisotopic (exact) mass is 279 g/mol. The van der Waals surface area contributed by atoms with E-state index in [2.05, 4.69) is 4.90 Å². The molecular formula is C13H17N3O2S. The Hall–Kier alpha value is -1.53. The first-order valence-corrected chi connectivity index (χ1v) is 6.79. The maximum absolute atomic E-state index is 11.1. The van der Waals surface area contributed by atoms with Crippen molar-refractivity contribution in [3.63, 3.8) is 0 Å². The zero-order chi connectivity index (χ0) is 13.8. The topological polar surface area (TPSA) is 72.4 Å². The fourth-order valence-corrected chi connectivity index (χ4v) is 2.87. The Labute approximate surface area is 117 Å². The van der Waals surface area contributed by atoms with E-state index in [1.165, 1.54) is 12.5 Å². The zero-order valence-electron chi connectivity index (χ0n) is 10.6. The highest BCUT2D eigenvalue weighted by molar-refractivity contribution is 7.80. The highest BCUT2D eigenvalue weighted by Gasteiger charge is 2.29. The number of hydrogen-bond donors (Lipinski definition) is 1. The van der Waals surface area contributed by atoms with E-state index in [9.17, 15) is 10.1 Å². The first-order valence-electron chi connectivity index (χ1n) is 6.38. The van der Waals surface area contributed by atoms with Gasteiger partial charge in [-0.3, -0.25) is 15.0 Å². The van der Waals surface area contributed by atoms with Crippen LogP contribution in [0.4, 0.5) is 5.69 Å². The van der Waals surface area contributed by atoms with Gasteiger partial charge in [-0.15, -0.1) is 0 Å². The zero-order valence-corrected chi connectivity index (χ0v) is 11.4. The average Bonchev–Trinajstić information content (AvgIpc) is 2.40. The van der Waals surface area contributed by atoms with E-state index in [4.69, 9.17) is 18.0 Å². The summed E-state index contributed by atoms with van der Waals surface area (Å²) in [4.78, 5) is 13.2. The standard InChI is InChI=1S/C13H17N3O2S/c14-13(19)12(15-8-4-1-5-9-15)10-6-2-3-7-11(10)16(17)18/h2-3,6-7,12H,1,4-5,8-9H2,(H2,14,19). The molecule has 1 saturated heterocycles. The minimum atomic E-state index is -0.370. The van der Waals surface area contributed by atoms with Gasteiger partial charge in [-0.1, -0.05) is 36.8 Å². The summed E-state index contributed by atoms with van der Waals surface area (Å²) in [6.45, 7) is 1.77. The Morgan fingerprint density at radius 2 is 1.95 bits per heavy atom. The molecule has 2 N–H and O–H groups in total. The Bertz CT molecular complexity index is 487. The quantitative estimate of drug-likeness (QED) is 0.520. The van der Waals surface area contributed by atoms with Crippen molar-refractivity contribution in [2.45, 2.75) is 25.3 Å². The predicted octanol–water partition coefficient (Wildman–Crippen LogP) is 2.41. The molecule has 0 radical (unpaired) electrons. The summed E-state index contributed by atoms with van der Waals surface area (Å²) < 4.78 is 0. The summed E-state index contributed by atoms with van der Waals surface area (Å²) in [6, 6.07) is 6.37. The number of piperidine rings is 1. The van der Waals surface area contributed by atoms with E-state index in [-0.39, 0.29) is 16.7 Å². The number of rotatable bonds is 4. The van der Waals surface area contributed by atoms with Gasteiger partial charge >= 0.3 is 0 Å². The van der Waals surface area contributed by atoms with Crippen LogP contribution in [0, 0.1) is 10.1 Å². The number of nitro groups is 1. The van der Waals surface area contributed by atoms with Gasteiger partial charge in [0.15, 0.2) is 0 Å². The molecule has 1 aliphatic rings. The molecule has 0 aliphatic carbocycles. The Kier molecular flexibility index (Phi) is 4.44. The van der Waals surface area contributed by atoms with Crippen LogP contribution in [0.3, 0.4) is 0 Å². The second kappa shape index (κ2) is 6.08. The van der Waals surface area contributed by atoms with Crippen molar-refractivity contribution < 1.29 is 4.92 Å². The van der Waals surface area contributed by atoms with Crippen LogP contribution >= 0.6 is 12.2 Å². The number of para-hydroxylation sites is 1. The smallest absolute Gasteiger partial charge is 0.274 e. The Morgan fingerprint density at radius 3 is 2.53 bits per heavy atom. The molecule has 1 aliphatic heterocycles. The van der Waals surface area contributed by atoms with Crippen LogP contribution in [0.1, 0.15) is 30.9 Å². The number of likely N-dealkylation sites (tertiary alicyclic amines) is 1. The number of thiocarbonyl (C=S) groups is 1. The lowest BCUT2D eigenvalue weighted by atomic mass is 10.00. The lowest BCUT2D eigenvalue weighted by molar-refractivity contribution is -0.385. The fourth-order valence-electron chi connectivity index (χ4n) is 2.59. The van der Waals surface area contributed by atoms with Gasteiger partial charge in [0, 0.05) is 6.07 Å². The Morgan fingerprint density at radius 1 is 1.32 bits per heavy atom. The molecule has 1 unspecified atom stereocenters. The van der Waals surface area contributed by atoms with E-state index in [0.29, 0.717) is 10.6 Å². The molecule has 1 atom stereocenters. The van der Waals surface area contributed by atoms with Gasteiger partial charge < -0.3 is 5.73 Å². The molecule has 19 heavy (non-hydrogen) atoms. The molecule has 0 amide bonds. The highest BCUT2D eigenvalue weighted by Crippen LogP contribution is 2.31. The van der Waals surface area contributed by atoms with Gasteiger partial charge in [0.05, 0.1) is 21.5 Å². The van der Waals surface area contributed by atoms with Crippen LogP contribution in [0.5, 0.6) is 0 Å². The van der Waals surface area contributed by atoms with Gasteiger partial charge in [-0.05, 0) is 25.9 Å². The average molecular weight is 279 g/mol. The molecule has 0 spiro atoms. The summed E-state index contributed by atoms with van der Waals surface area (Å²) in [7, 11) is 0. The first-order chi connectivity index (χ1) is 9.11. The van der Waals surface area contributed by atoms with Gasteiger partial charge in [0.2, 0.25) is 0 Å². The molecular weight excluding hydrogens is 262 g/mol. The summed E-state index contributed by atoms with van der Waals surface area (Å²) in [5.74, 6) is 0. The largest absolute Gasteiger partial charge is 0.392 e. The molecule has 0 bridgehead atoms. The molecule has 5 nitrogen and oxygen atoms in total. The van der Waals surface area contributed by atoms with Crippen LogP contribution in [-0.2, 0) is 0 Å². The second-order valence-corrected chi connectivity index (χ2v) is 5.19. The second-order valence-electron chi connectivity index (χ2n) is 4.72. The molecule has 0 aromatic heterocycles. The summed E-state index contributed by atoms with van der Waals surface area (Å²) >= 11 is 5.14. The summed E-state index contributed by atoms with van der Waals surface area (Å²) in [5, 5.41) is 11.1. The molecule has 1 aromatic carbocycles. The maximum atomic E-state index is 11.1. The molecule has 6 heteroatoms. The number of nitrogens with zero attached hydrogens (tertiary/aromatic N) is 2. The lowest BCUT2D eigenvalue weighted by Gasteiger charge is -2.33. The SMILES string of the molecule is NC(=S)C(c1ccccc1[N+](=O)[O-])N1CCCCC1. The van der Waals surface area contributed by atoms with Gasteiger partial charge in [-0.25, -0.2) is 0 Å². The Balaban J connectivity index is 2.38. The number of nitrogens with two attached hydrogens (primary N) is 1. The van der Waals surface area contributed by atoms with Crippen LogP contribution in [0.15, 0.2) is 24.3 Å². The number of nitro benzene ring substituents is 1. The van der Waals surface area contributed by atoms with Crippen molar-refractivity contribution in [1.29, 1.82) is 0 Å². The number of benzene rings is 1. The number of hydrogen-bond acceptors (Lipinski definition) is 4. The third-order valence-corrected chi connectivity index (χ3v) is 3.68. The van der Waals surface area contributed by atoms with Crippen molar-refractivity contribution in [2.24, 2.45) is 5.73 Å². The van der Waals surface area contributed by atoms with Gasteiger partial charge in [0.25, 0.3) is 5.69 Å². The molecule has 102 valence electrons. The van der Waals surface area contributed by atoms with E-state index in [1.54, 1.807) is 18.2 Å². The van der Waals surface area contributed by atoms with Crippen LogP contribution in [0.2, 0.25) is 0 Å². The third kappa shape index (κ3) is 3.08. The maximum Gasteiger partial charge on any atom is 0.274 e. The minimum absolute atomic E-state index is 0.0888. The van der Waals surface area contributed by atoms with Crippen molar-refractivity contribution in [2.75, 3.05) is 13.1 Å². The summed E-state index contributed by atoms with van der Waals surface area (Å²) in [6.07, 6.45) is 3.36. The molecule has 1 aromatic rings.